The number of benzene rings is 1. The predicted molar refractivity (Wildman–Crippen MR) is 130 cm³/mol. The van der Waals surface area contributed by atoms with Gasteiger partial charge in [0.05, 0.1) is 24.5 Å². The van der Waals surface area contributed by atoms with Gasteiger partial charge in [-0.25, -0.2) is 9.37 Å². The highest BCUT2D eigenvalue weighted by molar-refractivity contribution is 5.99. The zero-order valence-electron chi connectivity index (χ0n) is 19.0. The third kappa shape index (κ3) is 3.97. The van der Waals surface area contributed by atoms with Gasteiger partial charge in [-0.1, -0.05) is 36.4 Å². The van der Waals surface area contributed by atoms with Gasteiger partial charge < -0.3 is 4.90 Å². The first-order valence-electron chi connectivity index (χ1n) is 11.7. The fourth-order valence-electron chi connectivity index (χ4n) is 4.79. The molecule has 0 radical (unpaired) electrons. The van der Waals surface area contributed by atoms with Crippen LogP contribution in [0.5, 0.6) is 0 Å². The molecule has 0 bridgehead atoms. The number of hydrogen-bond acceptors (Lipinski definition) is 4. The van der Waals surface area contributed by atoms with Crippen LogP contribution in [0.1, 0.15) is 23.3 Å². The number of hydrogen-bond donors (Lipinski definition) is 0. The van der Waals surface area contributed by atoms with Crippen molar-refractivity contribution in [1.82, 2.24) is 29.0 Å². The maximum Gasteiger partial charge on any atom is 0.273 e. The molecule has 1 fully saturated rings. The highest BCUT2D eigenvalue weighted by Gasteiger charge is 2.34. The van der Waals surface area contributed by atoms with Gasteiger partial charge in [-0.05, 0) is 42.7 Å². The van der Waals surface area contributed by atoms with Crippen molar-refractivity contribution in [1.29, 1.82) is 0 Å². The molecule has 1 atom stereocenters. The molecule has 1 aliphatic heterocycles. The molecule has 5 aromatic rings. The van der Waals surface area contributed by atoms with E-state index in [1.807, 2.05) is 58.4 Å². The van der Waals surface area contributed by atoms with Crippen molar-refractivity contribution in [3.8, 4) is 22.5 Å². The largest absolute Gasteiger partial charge is 0.332 e. The molecule has 0 aliphatic carbocycles. The predicted octanol–water partition coefficient (Wildman–Crippen LogP) is 4.70. The van der Waals surface area contributed by atoms with Crippen LogP contribution in [0.15, 0.2) is 85.5 Å². The van der Waals surface area contributed by atoms with Gasteiger partial charge in [-0.15, -0.1) is 0 Å². The second-order valence-electron chi connectivity index (χ2n) is 8.71. The number of pyridine rings is 2. The number of imidazole rings is 1. The van der Waals surface area contributed by atoms with E-state index in [0.29, 0.717) is 35.8 Å². The number of carbonyl (C=O) groups is 1. The smallest absolute Gasteiger partial charge is 0.273 e. The average molecular weight is 467 g/mol. The van der Waals surface area contributed by atoms with Crippen LogP contribution in [0.2, 0.25) is 0 Å². The minimum atomic E-state index is -0.431. The Balaban J connectivity index is 1.33. The van der Waals surface area contributed by atoms with E-state index < -0.39 is 5.82 Å². The van der Waals surface area contributed by atoms with Gasteiger partial charge in [0.15, 0.2) is 0 Å². The van der Waals surface area contributed by atoms with E-state index in [4.69, 9.17) is 0 Å². The zero-order chi connectivity index (χ0) is 23.8. The molecule has 7 nitrogen and oxygen atoms in total. The summed E-state index contributed by atoms with van der Waals surface area (Å²) in [6, 6.07) is 18.5. The fourth-order valence-corrected chi connectivity index (χ4v) is 4.79. The van der Waals surface area contributed by atoms with E-state index in [-0.39, 0.29) is 11.9 Å². The number of nitrogens with zero attached hydrogens (tertiary/aromatic N) is 6. The lowest BCUT2D eigenvalue weighted by molar-refractivity contribution is 0.0715. The van der Waals surface area contributed by atoms with E-state index >= 15 is 0 Å². The Bertz CT molecular complexity index is 1490. The van der Waals surface area contributed by atoms with Crippen LogP contribution in [0.25, 0.3) is 28.2 Å². The molecule has 1 aliphatic rings. The number of aromatic nitrogens is 5. The number of amides is 1. The van der Waals surface area contributed by atoms with Gasteiger partial charge in [0.2, 0.25) is 0 Å². The summed E-state index contributed by atoms with van der Waals surface area (Å²) in [5, 5.41) is 4.54. The van der Waals surface area contributed by atoms with Gasteiger partial charge in [0, 0.05) is 30.7 Å². The van der Waals surface area contributed by atoms with Crippen molar-refractivity contribution in [2.24, 2.45) is 0 Å². The van der Waals surface area contributed by atoms with Crippen LogP contribution in [-0.4, -0.2) is 47.5 Å². The first kappa shape index (κ1) is 21.2. The Morgan fingerprint density at radius 2 is 1.86 bits per heavy atom. The van der Waals surface area contributed by atoms with Crippen LogP contribution < -0.4 is 0 Å². The minimum absolute atomic E-state index is 0.0262. The topological polar surface area (TPSA) is 68.3 Å². The molecule has 1 amide bonds. The van der Waals surface area contributed by atoms with E-state index in [2.05, 4.69) is 27.2 Å². The normalized spacial score (nSPS) is 15.7. The molecule has 0 spiro atoms. The quantitative estimate of drug-likeness (QED) is 0.376. The summed E-state index contributed by atoms with van der Waals surface area (Å²) in [7, 11) is 0. The summed E-state index contributed by atoms with van der Waals surface area (Å²) in [5.41, 5.74) is 4.01. The molecular weight excluding hydrogens is 443 g/mol. The van der Waals surface area contributed by atoms with Crippen LogP contribution in [0.3, 0.4) is 0 Å². The molecule has 174 valence electrons. The van der Waals surface area contributed by atoms with Gasteiger partial charge >= 0.3 is 0 Å². The first-order valence-corrected chi connectivity index (χ1v) is 11.7. The third-order valence-electron chi connectivity index (χ3n) is 6.47. The Labute approximate surface area is 201 Å². The maximum atomic E-state index is 14.2. The van der Waals surface area contributed by atoms with Crippen molar-refractivity contribution in [2.75, 3.05) is 6.54 Å². The van der Waals surface area contributed by atoms with Crippen LogP contribution in [0, 0.1) is 5.82 Å². The molecule has 1 aromatic carbocycles. The zero-order valence-corrected chi connectivity index (χ0v) is 19.0. The fraction of sp³-hybridized carbons (Fsp3) is 0.185. The van der Waals surface area contributed by atoms with Crippen LogP contribution in [-0.2, 0) is 6.54 Å². The third-order valence-corrected chi connectivity index (χ3v) is 6.47. The second kappa shape index (κ2) is 8.79. The highest BCUT2D eigenvalue weighted by atomic mass is 19.1. The van der Waals surface area contributed by atoms with Gasteiger partial charge in [-0.3, -0.25) is 18.9 Å². The Hall–Kier alpha value is -4.33. The molecule has 0 saturated carbocycles. The van der Waals surface area contributed by atoms with Crippen molar-refractivity contribution in [3.05, 3.63) is 97.0 Å². The highest BCUT2D eigenvalue weighted by Crippen LogP contribution is 2.28. The van der Waals surface area contributed by atoms with Gasteiger partial charge in [0.1, 0.15) is 22.9 Å². The Morgan fingerprint density at radius 3 is 2.69 bits per heavy atom. The molecule has 0 N–H and O–H groups in total. The molecular formula is C27H23FN6O. The maximum absolute atomic E-state index is 14.2. The molecule has 6 rings (SSSR count). The van der Waals surface area contributed by atoms with Crippen molar-refractivity contribution in [3.63, 3.8) is 0 Å². The summed E-state index contributed by atoms with van der Waals surface area (Å²) in [6.45, 7) is 1.21. The van der Waals surface area contributed by atoms with E-state index in [1.165, 1.54) is 12.3 Å². The number of halogens is 1. The van der Waals surface area contributed by atoms with E-state index in [1.54, 1.807) is 16.7 Å². The summed E-state index contributed by atoms with van der Waals surface area (Å²) in [6.07, 6.45) is 8.60. The average Bonchev–Trinajstić information content (AvgIpc) is 3.63. The van der Waals surface area contributed by atoms with Gasteiger partial charge in [-0.2, -0.15) is 5.10 Å². The van der Waals surface area contributed by atoms with Crippen molar-refractivity contribution < 1.29 is 9.18 Å². The molecule has 8 heteroatoms. The SMILES string of the molecule is O=C(c1c(-c2ccccn2)nc2ccc(F)cn12)N1CCC[C@H]1Cn1cc(-c2ccccc2)cn1. The summed E-state index contributed by atoms with van der Waals surface area (Å²) in [4.78, 5) is 24.8. The Morgan fingerprint density at radius 1 is 1.00 bits per heavy atom. The molecule has 1 saturated heterocycles. The number of fused-ring (bicyclic) bond motifs is 1. The Kier molecular flexibility index (Phi) is 5.33. The first-order chi connectivity index (χ1) is 17.2. The lowest BCUT2D eigenvalue weighted by Gasteiger charge is -2.25. The summed E-state index contributed by atoms with van der Waals surface area (Å²) < 4.78 is 17.6. The second-order valence-corrected chi connectivity index (χ2v) is 8.71. The summed E-state index contributed by atoms with van der Waals surface area (Å²) >= 11 is 0. The molecule has 0 unspecified atom stereocenters. The van der Waals surface area contributed by atoms with Crippen LogP contribution in [0.4, 0.5) is 4.39 Å². The standard InChI is InChI=1S/C27H23FN6O/c28-21-11-12-24-31-25(23-10-4-5-13-29-23)26(34(24)17-21)27(35)33-14-6-9-22(33)18-32-16-20(15-30-32)19-7-2-1-3-8-19/h1-5,7-8,10-13,15-17,22H,6,9,14,18H2/t22-/m0/s1. The van der Waals surface area contributed by atoms with E-state index in [0.717, 1.165) is 24.0 Å². The monoisotopic (exact) mass is 466 g/mol. The van der Waals surface area contributed by atoms with Crippen LogP contribution >= 0.6 is 0 Å². The van der Waals surface area contributed by atoms with E-state index in [9.17, 15) is 9.18 Å². The molecule has 5 heterocycles. The lowest BCUT2D eigenvalue weighted by Crippen LogP contribution is -2.39. The van der Waals surface area contributed by atoms with Crippen molar-refractivity contribution in [2.45, 2.75) is 25.4 Å². The number of likely N-dealkylation sites (tertiary alicyclic amines) is 1. The number of carbonyl (C=O) groups excluding carboxylic acids is 1. The molecule has 35 heavy (non-hydrogen) atoms. The number of rotatable bonds is 5. The lowest BCUT2D eigenvalue weighted by atomic mass is 10.1. The molecule has 4 aromatic heterocycles. The summed E-state index contributed by atoms with van der Waals surface area (Å²) in [5.74, 6) is -0.610. The van der Waals surface area contributed by atoms with Gasteiger partial charge in [0.25, 0.3) is 5.91 Å². The van der Waals surface area contributed by atoms with Crippen molar-refractivity contribution >= 4 is 11.6 Å². The minimum Gasteiger partial charge on any atom is -0.332 e.